The van der Waals surface area contributed by atoms with Crippen LogP contribution in [0.4, 0.5) is 5.82 Å². The van der Waals surface area contributed by atoms with Gasteiger partial charge in [-0.15, -0.1) is 10.2 Å². The number of nitrogens with one attached hydrogen (secondary N) is 1. The third kappa shape index (κ3) is 4.21. The molecule has 1 saturated heterocycles. The summed E-state index contributed by atoms with van der Waals surface area (Å²) < 4.78 is 0. The molecule has 0 saturated carbocycles. The highest BCUT2D eigenvalue weighted by Gasteiger charge is 2.27. The lowest BCUT2D eigenvalue weighted by Gasteiger charge is -2.33. The molecule has 0 aliphatic carbocycles. The molecule has 1 aromatic carbocycles. The number of piperidine rings is 1. The van der Waals surface area contributed by atoms with Crippen LogP contribution in [-0.2, 0) is 4.79 Å². The van der Waals surface area contributed by atoms with E-state index in [0.717, 1.165) is 42.9 Å². The highest BCUT2D eigenvalue weighted by molar-refractivity contribution is 5.79. The van der Waals surface area contributed by atoms with Crippen molar-refractivity contribution < 1.29 is 4.79 Å². The van der Waals surface area contributed by atoms with E-state index >= 15 is 0 Å². The molecule has 0 unspecified atom stereocenters. The van der Waals surface area contributed by atoms with E-state index in [0.29, 0.717) is 6.54 Å². The van der Waals surface area contributed by atoms with Gasteiger partial charge in [-0.3, -0.25) is 4.79 Å². The fraction of sp³-hybridized carbons (Fsp3) is 0.476. The van der Waals surface area contributed by atoms with Crippen LogP contribution in [0, 0.1) is 12.8 Å². The summed E-state index contributed by atoms with van der Waals surface area (Å²) >= 11 is 0. The second kappa shape index (κ2) is 8.30. The molecule has 5 nitrogen and oxygen atoms in total. The van der Waals surface area contributed by atoms with Crippen LogP contribution in [0.25, 0.3) is 11.3 Å². The maximum Gasteiger partial charge on any atom is 0.225 e. The van der Waals surface area contributed by atoms with Gasteiger partial charge in [0.05, 0.1) is 11.6 Å². The topological polar surface area (TPSA) is 58.1 Å². The molecule has 0 bridgehead atoms. The molecule has 3 rings (SSSR count). The Morgan fingerprint density at radius 1 is 1.27 bits per heavy atom. The van der Waals surface area contributed by atoms with Gasteiger partial charge in [0.25, 0.3) is 0 Å². The lowest BCUT2D eigenvalue weighted by Crippen LogP contribution is -2.45. The van der Waals surface area contributed by atoms with E-state index in [9.17, 15) is 4.79 Å². The van der Waals surface area contributed by atoms with E-state index in [1.165, 1.54) is 5.56 Å². The minimum atomic E-state index is 0.0237. The summed E-state index contributed by atoms with van der Waals surface area (Å²) in [6.07, 6.45) is 2.89. The van der Waals surface area contributed by atoms with E-state index in [1.807, 2.05) is 31.2 Å². The van der Waals surface area contributed by atoms with Gasteiger partial charge in [-0.2, -0.15) is 0 Å². The molecule has 1 N–H and O–H groups in total. The Hall–Kier alpha value is -2.43. The molecule has 5 heteroatoms. The smallest absolute Gasteiger partial charge is 0.225 e. The molecule has 1 aromatic heterocycles. The quantitative estimate of drug-likeness (QED) is 0.893. The van der Waals surface area contributed by atoms with Crippen LogP contribution in [0.2, 0.25) is 0 Å². The van der Waals surface area contributed by atoms with Crippen molar-refractivity contribution in [3.63, 3.8) is 0 Å². The van der Waals surface area contributed by atoms with E-state index in [-0.39, 0.29) is 17.9 Å². The third-order valence-electron chi connectivity index (χ3n) is 5.19. The van der Waals surface area contributed by atoms with Crippen molar-refractivity contribution >= 4 is 11.7 Å². The first kappa shape index (κ1) is 18.4. The number of benzene rings is 1. The van der Waals surface area contributed by atoms with Crippen molar-refractivity contribution in [2.45, 2.75) is 46.1 Å². The lowest BCUT2D eigenvalue weighted by atomic mass is 9.96. The number of rotatable bonds is 5. The molecular formula is C21H28N4O. The summed E-state index contributed by atoms with van der Waals surface area (Å²) in [6, 6.07) is 12.5. The van der Waals surface area contributed by atoms with Crippen molar-refractivity contribution in [1.29, 1.82) is 0 Å². The minimum absolute atomic E-state index is 0.0237. The molecule has 1 aliphatic rings. The Bertz CT molecular complexity index is 744. The number of hydrogen-bond donors (Lipinski definition) is 1. The minimum Gasteiger partial charge on any atom is -0.354 e. The van der Waals surface area contributed by atoms with Gasteiger partial charge in [0.2, 0.25) is 5.91 Å². The first-order valence-corrected chi connectivity index (χ1v) is 9.53. The van der Waals surface area contributed by atoms with E-state index in [4.69, 9.17) is 0 Å². The number of aryl methyl sites for hydroxylation is 1. The van der Waals surface area contributed by atoms with Crippen LogP contribution in [0.1, 0.15) is 38.7 Å². The van der Waals surface area contributed by atoms with Gasteiger partial charge >= 0.3 is 0 Å². The summed E-state index contributed by atoms with van der Waals surface area (Å²) in [5, 5.41) is 12.0. The Morgan fingerprint density at radius 3 is 2.77 bits per heavy atom. The van der Waals surface area contributed by atoms with Crippen LogP contribution < -0.4 is 10.2 Å². The fourth-order valence-corrected chi connectivity index (χ4v) is 3.36. The molecule has 1 fully saturated rings. The molecule has 2 heterocycles. The summed E-state index contributed by atoms with van der Waals surface area (Å²) in [7, 11) is 0. The summed E-state index contributed by atoms with van der Waals surface area (Å²) in [5.74, 6) is 1.03. The highest BCUT2D eigenvalue weighted by Crippen LogP contribution is 2.25. The first-order valence-electron chi connectivity index (χ1n) is 9.53. The molecule has 0 radical (unpaired) electrons. The van der Waals surface area contributed by atoms with Gasteiger partial charge < -0.3 is 10.2 Å². The van der Waals surface area contributed by atoms with Gasteiger partial charge in [-0.05, 0) is 50.8 Å². The maximum absolute atomic E-state index is 12.4. The van der Waals surface area contributed by atoms with Gasteiger partial charge in [-0.1, -0.05) is 31.2 Å². The number of anilines is 1. The predicted octanol–water partition coefficient (Wildman–Crippen LogP) is 3.58. The zero-order valence-corrected chi connectivity index (χ0v) is 15.9. The number of amides is 1. The fourth-order valence-electron chi connectivity index (χ4n) is 3.36. The highest BCUT2D eigenvalue weighted by atomic mass is 16.2. The molecule has 2 atom stereocenters. The van der Waals surface area contributed by atoms with E-state index in [1.54, 1.807) is 0 Å². The van der Waals surface area contributed by atoms with Gasteiger partial charge in [0.1, 0.15) is 0 Å². The molecule has 0 spiro atoms. The molecule has 1 aliphatic heterocycles. The second-order valence-electron chi connectivity index (χ2n) is 7.19. The Balaban J connectivity index is 1.69. The van der Waals surface area contributed by atoms with Gasteiger partial charge in [0, 0.05) is 24.7 Å². The predicted molar refractivity (Wildman–Crippen MR) is 105 cm³/mol. The zero-order chi connectivity index (χ0) is 18.5. The average molecular weight is 352 g/mol. The van der Waals surface area contributed by atoms with E-state index in [2.05, 4.69) is 46.4 Å². The first-order chi connectivity index (χ1) is 12.6. The van der Waals surface area contributed by atoms with Crippen LogP contribution in [0.15, 0.2) is 36.4 Å². The molecular weight excluding hydrogens is 324 g/mol. The lowest BCUT2D eigenvalue weighted by molar-refractivity contribution is -0.125. The van der Waals surface area contributed by atoms with Crippen molar-refractivity contribution in [1.82, 2.24) is 15.5 Å². The standard InChI is InChI=1S/C21H28N4O/c1-4-16(3)22-21(26)17-9-7-13-25(14-17)20-12-11-19(23-24-20)18-10-6-5-8-15(18)2/h5-6,8,10-12,16-17H,4,7,9,13-14H2,1-3H3,(H,22,26)/t16-,17+/m0/s1. The summed E-state index contributed by atoms with van der Waals surface area (Å²) in [4.78, 5) is 14.6. The summed E-state index contributed by atoms with van der Waals surface area (Å²) in [6.45, 7) is 7.85. The van der Waals surface area contributed by atoms with Crippen LogP contribution in [-0.4, -0.2) is 35.2 Å². The van der Waals surface area contributed by atoms with Gasteiger partial charge in [-0.25, -0.2) is 0 Å². The third-order valence-corrected chi connectivity index (χ3v) is 5.19. The molecule has 26 heavy (non-hydrogen) atoms. The van der Waals surface area contributed by atoms with Crippen molar-refractivity contribution in [2.75, 3.05) is 18.0 Å². The molecule has 1 amide bonds. The van der Waals surface area contributed by atoms with Crippen molar-refractivity contribution in [3.8, 4) is 11.3 Å². The Labute approximate surface area is 155 Å². The Kier molecular flexibility index (Phi) is 5.86. The number of aromatic nitrogens is 2. The molecule has 2 aromatic rings. The van der Waals surface area contributed by atoms with Crippen LogP contribution in [0.3, 0.4) is 0 Å². The zero-order valence-electron chi connectivity index (χ0n) is 15.9. The van der Waals surface area contributed by atoms with Crippen molar-refractivity contribution in [2.24, 2.45) is 5.92 Å². The van der Waals surface area contributed by atoms with Crippen molar-refractivity contribution in [3.05, 3.63) is 42.0 Å². The number of carbonyl (C=O) groups excluding carboxylic acids is 1. The number of carbonyl (C=O) groups is 1. The SMILES string of the molecule is CC[C@H](C)NC(=O)[C@@H]1CCCN(c2ccc(-c3ccccc3C)nn2)C1. The van der Waals surface area contributed by atoms with Gasteiger partial charge in [0.15, 0.2) is 5.82 Å². The Morgan fingerprint density at radius 2 is 2.08 bits per heavy atom. The van der Waals surface area contributed by atoms with E-state index < -0.39 is 0 Å². The summed E-state index contributed by atoms with van der Waals surface area (Å²) in [5.41, 5.74) is 3.18. The number of nitrogens with zero attached hydrogens (tertiary/aromatic N) is 3. The maximum atomic E-state index is 12.4. The number of hydrogen-bond acceptors (Lipinski definition) is 4. The molecule has 138 valence electrons. The normalized spacial score (nSPS) is 18.4. The van der Waals surface area contributed by atoms with Crippen LogP contribution >= 0.6 is 0 Å². The second-order valence-corrected chi connectivity index (χ2v) is 7.19. The monoisotopic (exact) mass is 352 g/mol. The van der Waals surface area contributed by atoms with Crippen LogP contribution in [0.5, 0.6) is 0 Å². The largest absolute Gasteiger partial charge is 0.354 e. The average Bonchev–Trinajstić information content (AvgIpc) is 2.68.